The fraction of sp³-hybridized carbons (Fsp3) is 1.00. The molecule has 0 saturated heterocycles. The molecular formula is C14H40O4Si3. The third-order valence-electron chi connectivity index (χ3n) is 2.38. The standard InChI is InChI=1S/C12H32O4Si3.2CH4/c1-17(2,3)15-19(6,7)16-18(4,5)12-8-10-14-11-9-13;;/h13H,8-12H2,1-7H3;2*1H4. The summed E-state index contributed by atoms with van der Waals surface area (Å²) >= 11 is 0. The van der Waals surface area contributed by atoms with Crippen molar-refractivity contribution in [3.8, 4) is 0 Å². The lowest BCUT2D eigenvalue weighted by Gasteiger charge is -2.37. The van der Waals surface area contributed by atoms with Gasteiger partial charge in [-0.2, -0.15) is 0 Å². The van der Waals surface area contributed by atoms with Crippen molar-refractivity contribution in [3.05, 3.63) is 0 Å². The highest BCUT2D eigenvalue weighted by Gasteiger charge is 2.37. The van der Waals surface area contributed by atoms with Crippen LogP contribution in [0.3, 0.4) is 0 Å². The molecule has 0 aliphatic heterocycles. The Morgan fingerprint density at radius 1 is 0.810 bits per heavy atom. The minimum atomic E-state index is -2.01. The van der Waals surface area contributed by atoms with Gasteiger partial charge in [0.25, 0.3) is 0 Å². The van der Waals surface area contributed by atoms with E-state index in [1.54, 1.807) is 0 Å². The summed E-state index contributed by atoms with van der Waals surface area (Å²) in [6, 6.07) is 1.07. The van der Waals surface area contributed by atoms with Crippen molar-refractivity contribution in [2.24, 2.45) is 0 Å². The summed E-state index contributed by atoms with van der Waals surface area (Å²) in [6.45, 7) is 16.7. The lowest BCUT2D eigenvalue weighted by atomic mass is 10.5. The van der Waals surface area contributed by atoms with E-state index in [9.17, 15) is 0 Å². The predicted octanol–water partition coefficient (Wildman–Crippen LogP) is 4.43. The number of hydrogen-bond acceptors (Lipinski definition) is 4. The fourth-order valence-corrected chi connectivity index (χ4v) is 15.4. The quantitative estimate of drug-likeness (QED) is 0.464. The number of hydrogen-bond donors (Lipinski definition) is 1. The first-order valence-electron chi connectivity index (χ1n) is 7.06. The summed E-state index contributed by atoms with van der Waals surface area (Å²) in [5, 5.41) is 8.64. The molecule has 21 heavy (non-hydrogen) atoms. The van der Waals surface area contributed by atoms with Gasteiger partial charge in [-0.1, -0.05) is 14.9 Å². The summed E-state index contributed by atoms with van der Waals surface area (Å²) in [5.41, 5.74) is 0. The highest BCUT2D eigenvalue weighted by molar-refractivity contribution is 6.87. The largest absolute Gasteiger partial charge is 0.437 e. The van der Waals surface area contributed by atoms with Crippen molar-refractivity contribution in [3.63, 3.8) is 0 Å². The van der Waals surface area contributed by atoms with Crippen LogP contribution in [0.2, 0.25) is 51.9 Å². The van der Waals surface area contributed by atoms with E-state index in [-0.39, 0.29) is 21.5 Å². The molecule has 0 atom stereocenters. The maximum atomic E-state index is 8.64. The minimum Gasteiger partial charge on any atom is -0.437 e. The second-order valence-corrected chi connectivity index (χ2v) is 19.6. The molecule has 0 aliphatic carbocycles. The molecule has 0 rings (SSSR count). The number of ether oxygens (including phenoxy) is 1. The average Bonchev–Trinajstić information content (AvgIpc) is 2.10. The van der Waals surface area contributed by atoms with Crippen molar-refractivity contribution < 1.29 is 18.1 Å². The Kier molecular flexibility index (Phi) is 13.9. The monoisotopic (exact) mass is 356 g/mol. The van der Waals surface area contributed by atoms with E-state index >= 15 is 0 Å². The number of aliphatic hydroxyl groups is 1. The molecule has 0 spiro atoms. The highest BCUT2D eigenvalue weighted by Crippen LogP contribution is 2.23. The number of aliphatic hydroxyl groups excluding tert-OH is 1. The molecule has 0 bridgehead atoms. The molecule has 0 heterocycles. The zero-order valence-corrected chi connectivity index (χ0v) is 16.7. The summed E-state index contributed by atoms with van der Waals surface area (Å²) in [5.74, 6) is 0. The van der Waals surface area contributed by atoms with Crippen molar-refractivity contribution in [1.29, 1.82) is 0 Å². The van der Waals surface area contributed by atoms with Crippen molar-refractivity contribution in [2.45, 2.75) is 73.1 Å². The number of rotatable bonds is 10. The molecule has 0 aliphatic rings. The van der Waals surface area contributed by atoms with E-state index in [4.69, 9.17) is 18.1 Å². The topological polar surface area (TPSA) is 47.9 Å². The molecule has 132 valence electrons. The van der Waals surface area contributed by atoms with Gasteiger partial charge in [0, 0.05) is 6.61 Å². The molecular weight excluding hydrogens is 316 g/mol. The Bertz CT molecular complexity index is 253. The summed E-state index contributed by atoms with van der Waals surface area (Å²) in [7, 11) is -5.22. The van der Waals surface area contributed by atoms with Crippen LogP contribution in [-0.2, 0) is 13.0 Å². The third-order valence-corrected chi connectivity index (χ3v) is 12.5. The Labute approximate surface area is 136 Å². The van der Waals surface area contributed by atoms with E-state index in [1.807, 2.05) is 0 Å². The van der Waals surface area contributed by atoms with Crippen LogP contribution >= 0.6 is 0 Å². The van der Waals surface area contributed by atoms with Gasteiger partial charge in [-0.15, -0.1) is 0 Å². The van der Waals surface area contributed by atoms with Crippen LogP contribution in [0.1, 0.15) is 21.3 Å². The van der Waals surface area contributed by atoms with E-state index in [1.165, 1.54) is 0 Å². The van der Waals surface area contributed by atoms with Crippen LogP contribution in [0, 0.1) is 0 Å². The molecule has 0 aromatic rings. The van der Waals surface area contributed by atoms with Gasteiger partial charge in [0.05, 0.1) is 13.2 Å². The van der Waals surface area contributed by atoms with Gasteiger partial charge >= 0.3 is 8.56 Å². The second kappa shape index (κ2) is 11.1. The van der Waals surface area contributed by atoms with Crippen LogP contribution in [-0.4, -0.2) is 50.1 Å². The summed E-state index contributed by atoms with van der Waals surface area (Å²) in [4.78, 5) is 0. The zero-order chi connectivity index (χ0) is 15.2. The van der Waals surface area contributed by atoms with Gasteiger partial charge < -0.3 is 18.1 Å². The van der Waals surface area contributed by atoms with Crippen LogP contribution in [0.4, 0.5) is 0 Å². The predicted molar refractivity (Wildman–Crippen MR) is 101 cm³/mol. The molecule has 0 aromatic carbocycles. The minimum absolute atomic E-state index is 0. The van der Waals surface area contributed by atoms with E-state index in [2.05, 4.69) is 45.8 Å². The first-order chi connectivity index (χ1) is 8.47. The summed E-state index contributed by atoms with van der Waals surface area (Å²) < 4.78 is 17.9. The molecule has 0 aromatic heterocycles. The SMILES string of the molecule is C.C.C[Si](C)(C)O[Si](C)(C)O[Si](C)(C)CCCOCCO. The molecule has 0 saturated carbocycles. The maximum absolute atomic E-state index is 8.64. The summed E-state index contributed by atoms with van der Waals surface area (Å²) in [6.07, 6.45) is 0.997. The van der Waals surface area contributed by atoms with E-state index < -0.39 is 25.2 Å². The molecule has 0 radical (unpaired) electrons. The Hall–Kier alpha value is 0.491. The molecule has 4 nitrogen and oxygen atoms in total. The van der Waals surface area contributed by atoms with Gasteiger partial charge in [-0.3, -0.25) is 0 Å². The highest BCUT2D eigenvalue weighted by atomic mass is 28.5. The Morgan fingerprint density at radius 3 is 1.76 bits per heavy atom. The lowest BCUT2D eigenvalue weighted by molar-refractivity contribution is 0.0923. The molecule has 0 fully saturated rings. The van der Waals surface area contributed by atoms with Crippen LogP contribution in [0.5, 0.6) is 0 Å². The normalized spacial score (nSPS) is 12.6. The van der Waals surface area contributed by atoms with Crippen LogP contribution in [0.15, 0.2) is 0 Å². The Balaban J connectivity index is -0.00000162. The van der Waals surface area contributed by atoms with Crippen molar-refractivity contribution in [1.82, 2.24) is 0 Å². The van der Waals surface area contributed by atoms with Gasteiger partial charge in [0.2, 0.25) is 0 Å². The molecule has 0 amide bonds. The van der Waals surface area contributed by atoms with E-state index in [0.29, 0.717) is 13.2 Å². The second-order valence-electron chi connectivity index (χ2n) is 6.92. The van der Waals surface area contributed by atoms with Crippen LogP contribution in [0.25, 0.3) is 0 Å². The lowest BCUT2D eigenvalue weighted by Crippen LogP contribution is -2.51. The van der Waals surface area contributed by atoms with Gasteiger partial charge in [-0.05, 0) is 58.3 Å². The zero-order valence-electron chi connectivity index (χ0n) is 13.7. The molecule has 7 heteroatoms. The fourth-order valence-electron chi connectivity index (χ4n) is 2.24. The van der Waals surface area contributed by atoms with E-state index in [0.717, 1.165) is 12.5 Å². The maximum Gasteiger partial charge on any atom is 0.311 e. The van der Waals surface area contributed by atoms with Gasteiger partial charge in [0.1, 0.15) is 0 Å². The molecule has 0 unspecified atom stereocenters. The van der Waals surface area contributed by atoms with Crippen molar-refractivity contribution in [2.75, 3.05) is 19.8 Å². The van der Waals surface area contributed by atoms with Crippen molar-refractivity contribution >= 4 is 25.2 Å². The third kappa shape index (κ3) is 16.7. The first kappa shape index (κ1) is 26.4. The smallest absolute Gasteiger partial charge is 0.311 e. The van der Waals surface area contributed by atoms with Gasteiger partial charge in [-0.25, -0.2) is 0 Å². The Morgan fingerprint density at radius 2 is 1.33 bits per heavy atom. The first-order valence-corrected chi connectivity index (χ1v) is 16.4. The molecule has 1 N–H and O–H groups in total. The average molecular weight is 357 g/mol. The van der Waals surface area contributed by atoms with Gasteiger partial charge in [0.15, 0.2) is 16.6 Å². The van der Waals surface area contributed by atoms with Crippen LogP contribution < -0.4 is 0 Å².